The molecule has 11 aromatic rings. The number of rotatable bonds is 22. The Hall–Kier alpha value is -10.0. The van der Waals surface area contributed by atoms with Crippen molar-refractivity contribution in [2.75, 3.05) is 36.7 Å². The molecule has 0 aliphatic rings. The molecule has 10 N–H and O–H groups in total. The summed E-state index contributed by atoms with van der Waals surface area (Å²) in [7, 11) is -23.8. The van der Waals surface area contributed by atoms with Gasteiger partial charge in [0, 0.05) is 65.8 Å². The number of nitrogens with zero attached hydrogens (tertiary/aromatic N) is 2. The van der Waals surface area contributed by atoms with Crippen LogP contribution in [0.1, 0.15) is 27.2 Å². The van der Waals surface area contributed by atoms with Crippen LogP contribution in [0.3, 0.4) is 0 Å². The molecule has 11 rings (SSSR count). The molecule has 0 atom stereocenters. The van der Waals surface area contributed by atoms with Gasteiger partial charge in [0.1, 0.15) is 0 Å². The summed E-state index contributed by atoms with van der Waals surface area (Å²) in [5.74, 6) is -2.18. The Kier molecular flexibility index (Phi) is 27.1. The molecule has 107 heavy (non-hydrogen) atoms. The maximum Gasteiger partial charge on any atom is 0.291 e. The lowest BCUT2D eigenvalue weighted by Gasteiger charge is -2.15. The summed E-state index contributed by atoms with van der Waals surface area (Å²) in [4.78, 5) is 32.3. The van der Waals surface area contributed by atoms with Crippen molar-refractivity contribution in [3.8, 4) is 0 Å². The Labute approximate surface area is 643 Å². The molecule has 0 aliphatic heterocycles. The molecule has 0 radical (unpaired) electrons. The number of sulfonamides is 3. The van der Waals surface area contributed by atoms with Gasteiger partial charge in [-0.25, -0.2) is 50.5 Å². The van der Waals surface area contributed by atoms with E-state index in [4.69, 9.17) is 91.2 Å². The van der Waals surface area contributed by atoms with E-state index in [1.54, 1.807) is 6.07 Å². The normalized spacial score (nSPS) is 11.6. The van der Waals surface area contributed by atoms with Gasteiger partial charge in [0.25, 0.3) is 47.4 Å². The molecule has 0 aliphatic carbocycles. The van der Waals surface area contributed by atoms with Crippen LogP contribution in [0.2, 0.25) is 30.1 Å². The molecule has 1 amide bonds. The van der Waals surface area contributed by atoms with Crippen molar-refractivity contribution in [3.63, 3.8) is 0 Å². The van der Waals surface area contributed by atoms with Crippen molar-refractivity contribution in [1.29, 1.82) is 0 Å². The highest BCUT2D eigenvalue weighted by molar-refractivity contribution is 7.93. The fourth-order valence-corrected chi connectivity index (χ4v) is 17.3. The quantitative estimate of drug-likeness (QED) is 0.0188. The summed E-state index contributed by atoms with van der Waals surface area (Å²) < 4.78 is 166. The fourth-order valence-electron chi connectivity index (χ4n) is 9.15. The highest BCUT2D eigenvalue weighted by Gasteiger charge is 2.27. The number of nitro benzene ring substituents is 2. The van der Waals surface area contributed by atoms with Gasteiger partial charge in [0.2, 0.25) is 0 Å². The zero-order valence-electron chi connectivity index (χ0n) is 54.3. The number of anilines is 7. The van der Waals surface area contributed by atoms with E-state index in [-0.39, 0.29) is 91.6 Å². The highest BCUT2D eigenvalue weighted by Crippen LogP contribution is 2.34. The van der Waals surface area contributed by atoms with Crippen LogP contribution < -0.4 is 36.7 Å². The summed E-state index contributed by atoms with van der Waals surface area (Å²) in [5, 5.41) is 26.2. The zero-order valence-corrected chi connectivity index (χ0v) is 63.8. The molecule has 0 bridgehead atoms. The minimum Gasteiger partial charge on any atom is -0.459 e. The number of furan rings is 1. The monoisotopic (exact) mass is 1690 g/mol. The topological polar surface area (TPSA) is 448 Å². The average Bonchev–Trinajstić information content (AvgIpc) is 1.01. The van der Waals surface area contributed by atoms with Crippen LogP contribution in [-0.2, 0) is 76.8 Å². The van der Waals surface area contributed by atoms with E-state index in [9.17, 15) is 75.5 Å². The summed E-state index contributed by atoms with van der Waals surface area (Å²) in [5.41, 5.74) is 17.5. The van der Waals surface area contributed by atoms with E-state index in [0.717, 1.165) is 18.2 Å². The molecule has 1 aromatic heterocycles. The molecule has 0 spiro atoms. The first-order valence-electron chi connectivity index (χ1n) is 29.9. The van der Waals surface area contributed by atoms with Gasteiger partial charge >= 0.3 is 0 Å². The number of sulfone groups is 3. The third kappa shape index (κ3) is 23.2. The first kappa shape index (κ1) is 82.6. The Morgan fingerprint density at radius 1 is 0.364 bits per heavy atom. The smallest absolute Gasteiger partial charge is 0.291 e. The summed E-state index contributed by atoms with van der Waals surface area (Å²) in [6, 6.07) is 51.9. The second-order valence-corrected chi connectivity index (χ2v) is 35.8. The molecule has 10 aromatic carbocycles. The third-order valence-electron chi connectivity index (χ3n) is 14.5. The van der Waals surface area contributed by atoms with Crippen LogP contribution in [0.5, 0.6) is 0 Å². The summed E-state index contributed by atoms with van der Waals surface area (Å²) in [6.07, 6.45) is 1.34. The molecule has 27 nitrogen and oxygen atoms in total. The van der Waals surface area contributed by atoms with E-state index in [2.05, 4.69) is 19.5 Å². The lowest BCUT2D eigenvalue weighted by atomic mass is 10.2. The molecule has 39 heteroatoms. The molecule has 1 heterocycles. The lowest BCUT2D eigenvalue weighted by Crippen LogP contribution is -2.16. The van der Waals surface area contributed by atoms with Gasteiger partial charge in [-0.05, 0) is 223 Å². The molecule has 0 fully saturated rings. The number of hydrogen-bond donors (Lipinski definition) is 7. The number of amides is 1. The SMILES string of the molecule is Nc1ccc(NS(=O)(=O)c2ccc(Cl)cc2)c(CS(=O)(=O)c2ccc(Cl)cc2)c1.Nc1ccc([N+](=O)[O-])cc1N.O=C(Nc1ccc(NS(=O)(=O)c2ccc(Cl)cc2)c(CS(=O)(=O)c2ccc(Cl)cc2)c1)c1ccco1.O=[N+]([O-])c1ccc(NS(=O)(=O)c2ccc(Cl)cc2)c(CS(=O)(=O)c2ccc(Cl)cc2)c1. The van der Waals surface area contributed by atoms with E-state index >= 15 is 0 Å². The van der Waals surface area contributed by atoms with Gasteiger partial charge < -0.3 is 26.9 Å². The van der Waals surface area contributed by atoms with E-state index < -0.39 is 92.6 Å². The minimum absolute atomic E-state index is 0.00318. The van der Waals surface area contributed by atoms with Crippen molar-refractivity contribution < 1.29 is 69.6 Å². The van der Waals surface area contributed by atoms with E-state index in [1.165, 1.54) is 213 Å². The van der Waals surface area contributed by atoms with Crippen LogP contribution in [0, 0.1) is 20.2 Å². The number of non-ortho nitro benzene ring substituents is 2. The molecular weight excluding hydrogens is 1640 g/mol. The molecule has 0 saturated heterocycles. The standard InChI is InChI=1S/C24H18Cl2N2O6S2.C19H14Cl2N2O6S2.C19H16Cl2N2O4S2.C6H7N3O2/c25-17-3-8-20(9-4-17)35(30,31)15-16-14-19(27-24(29)23-2-1-13-34-23)7-12-22(16)28-36(32,33)21-10-5-18(26)6-11-21;20-14-1-6-17(7-2-14)30(26,27)12-13-11-16(23(24)25)5-10-19(13)22-31(28,29)18-8-3-15(21)4-9-18;20-14-1-6-17(7-2-14)28(24,25)12-13-11-16(22)5-10-19(13)23-29(26,27)18-8-3-15(21)4-9-18;7-5-2-1-4(9(10)11)3-6(5)8/h1-14,28H,15H2,(H,27,29);1-11,22H,12H2;1-11,23H,12,22H2;1-3H,7-8H2. The van der Waals surface area contributed by atoms with E-state index in [1.807, 2.05) is 0 Å². The maximum atomic E-state index is 13.1. The number of nitro groups is 2. The van der Waals surface area contributed by atoms with Gasteiger partial charge in [-0.1, -0.05) is 69.6 Å². The largest absolute Gasteiger partial charge is 0.459 e. The fraction of sp³-hybridized carbons (Fsp3) is 0.0441. The number of nitrogens with two attached hydrogens (primary N) is 3. The van der Waals surface area contributed by atoms with Gasteiger partial charge in [-0.3, -0.25) is 39.2 Å². The second-order valence-electron chi connectivity index (χ2n) is 22.2. The first-order valence-corrected chi connectivity index (χ1v) is 41.6. The number of hydrogen-bond acceptors (Lipinski definition) is 21. The lowest BCUT2D eigenvalue weighted by molar-refractivity contribution is -0.385. The first-order chi connectivity index (χ1) is 50.2. The van der Waals surface area contributed by atoms with Gasteiger partial charge in [-0.15, -0.1) is 0 Å². The Morgan fingerprint density at radius 2 is 0.673 bits per heavy atom. The number of carbonyl (C=O) groups is 1. The predicted molar refractivity (Wildman–Crippen MR) is 413 cm³/mol. The van der Waals surface area contributed by atoms with Crippen molar-refractivity contribution in [1.82, 2.24) is 0 Å². The van der Waals surface area contributed by atoms with Crippen LogP contribution in [0.15, 0.2) is 271 Å². The second kappa shape index (κ2) is 35.1. The molecule has 0 unspecified atom stereocenters. The molecular formula is C68H55Cl6N9O18S6. The van der Waals surface area contributed by atoms with Crippen LogP contribution in [0.4, 0.5) is 51.2 Å². The average molecular weight is 1690 g/mol. The maximum absolute atomic E-state index is 13.1. The minimum atomic E-state index is -4.10. The van der Waals surface area contributed by atoms with Gasteiger partial charge in [0.05, 0.1) is 91.2 Å². The molecule has 0 saturated carbocycles. The Bertz CT molecular complexity index is 5830. The number of halogens is 6. The Balaban J connectivity index is 0.000000189. The third-order valence-corrected chi connectivity index (χ3v) is 25.2. The Morgan fingerprint density at radius 3 is 1.01 bits per heavy atom. The van der Waals surface area contributed by atoms with Crippen molar-refractivity contribution in [2.45, 2.75) is 46.6 Å². The van der Waals surface area contributed by atoms with Crippen LogP contribution in [-0.4, -0.2) is 66.3 Å². The van der Waals surface area contributed by atoms with Crippen molar-refractivity contribution in [2.24, 2.45) is 0 Å². The van der Waals surface area contributed by atoms with Crippen LogP contribution >= 0.6 is 69.6 Å². The zero-order chi connectivity index (χ0) is 78.4. The predicted octanol–water partition coefficient (Wildman–Crippen LogP) is 15.4. The highest BCUT2D eigenvalue weighted by atomic mass is 35.5. The van der Waals surface area contributed by atoms with Crippen LogP contribution in [0.25, 0.3) is 0 Å². The summed E-state index contributed by atoms with van der Waals surface area (Å²) >= 11 is 34.9. The van der Waals surface area contributed by atoms with Crippen molar-refractivity contribution >= 4 is 186 Å². The van der Waals surface area contributed by atoms with E-state index in [0.29, 0.717) is 41.5 Å². The number of nitrogen functional groups attached to an aromatic ring is 3. The summed E-state index contributed by atoms with van der Waals surface area (Å²) in [6.45, 7) is 0. The number of nitrogens with one attached hydrogen (secondary N) is 4. The van der Waals surface area contributed by atoms with Gasteiger partial charge in [0.15, 0.2) is 35.3 Å². The number of benzene rings is 10. The number of carbonyl (C=O) groups excluding carboxylic acids is 1. The van der Waals surface area contributed by atoms with Gasteiger partial charge in [-0.2, -0.15) is 0 Å². The van der Waals surface area contributed by atoms with Crippen molar-refractivity contribution in [3.05, 3.63) is 310 Å². The molecule has 558 valence electrons.